The van der Waals surface area contributed by atoms with Crippen LogP contribution in [0.5, 0.6) is 0 Å². The molecule has 0 radical (unpaired) electrons. The molecule has 0 aromatic heterocycles. The first-order chi connectivity index (χ1) is 13.7. The number of alkyl halides is 1. The lowest BCUT2D eigenvalue weighted by Crippen LogP contribution is -2.39. The standard InChI is InChI=1S/C20H22BrCl2NO4S/c1-14(4-3-11-21)24(29(26,27)19-9-7-17(22)8-10-19)20-12-18(23)6-5-16(20)13-28-15(2)25/h5-10,12,14H,3-4,11,13H2,1-2H3. The summed E-state index contributed by atoms with van der Waals surface area (Å²) in [6.45, 7) is 3.09. The quantitative estimate of drug-likeness (QED) is 0.307. The topological polar surface area (TPSA) is 63.7 Å². The molecule has 29 heavy (non-hydrogen) atoms. The molecule has 2 aromatic rings. The van der Waals surface area contributed by atoms with Gasteiger partial charge < -0.3 is 4.74 Å². The third kappa shape index (κ3) is 6.35. The maximum atomic E-state index is 13.6. The molecule has 0 fully saturated rings. The van der Waals surface area contributed by atoms with Crippen molar-refractivity contribution in [1.82, 2.24) is 0 Å². The smallest absolute Gasteiger partial charge is 0.302 e. The van der Waals surface area contributed by atoms with Gasteiger partial charge in [0.1, 0.15) is 6.61 Å². The summed E-state index contributed by atoms with van der Waals surface area (Å²) < 4.78 is 33.6. The van der Waals surface area contributed by atoms with Crippen LogP contribution in [0.1, 0.15) is 32.3 Å². The fraction of sp³-hybridized carbons (Fsp3) is 0.350. The number of hydrogen-bond acceptors (Lipinski definition) is 4. The van der Waals surface area contributed by atoms with Gasteiger partial charge in [0.15, 0.2) is 0 Å². The average molecular weight is 523 g/mol. The van der Waals surface area contributed by atoms with Gasteiger partial charge in [-0.25, -0.2) is 8.42 Å². The van der Waals surface area contributed by atoms with Gasteiger partial charge >= 0.3 is 5.97 Å². The lowest BCUT2D eigenvalue weighted by molar-refractivity contribution is -0.142. The van der Waals surface area contributed by atoms with E-state index in [4.69, 9.17) is 27.9 Å². The van der Waals surface area contributed by atoms with E-state index in [1.807, 2.05) is 6.92 Å². The van der Waals surface area contributed by atoms with Crippen molar-refractivity contribution in [2.24, 2.45) is 0 Å². The van der Waals surface area contributed by atoms with E-state index >= 15 is 0 Å². The number of hydrogen-bond donors (Lipinski definition) is 0. The molecule has 2 rings (SSSR count). The summed E-state index contributed by atoms with van der Waals surface area (Å²) in [7, 11) is -3.92. The van der Waals surface area contributed by atoms with Crippen LogP contribution >= 0.6 is 39.1 Å². The van der Waals surface area contributed by atoms with Crippen LogP contribution in [-0.4, -0.2) is 25.8 Å². The van der Waals surface area contributed by atoms with E-state index in [0.717, 1.165) is 11.8 Å². The molecule has 5 nitrogen and oxygen atoms in total. The summed E-state index contributed by atoms with van der Waals surface area (Å²) in [5.74, 6) is -0.453. The zero-order valence-corrected chi connectivity index (χ0v) is 20.0. The van der Waals surface area contributed by atoms with Gasteiger partial charge in [0.2, 0.25) is 0 Å². The van der Waals surface area contributed by atoms with E-state index < -0.39 is 16.0 Å². The molecule has 0 amide bonds. The first-order valence-corrected chi connectivity index (χ1v) is 12.3. The summed E-state index contributed by atoms with van der Waals surface area (Å²) in [5, 5.41) is 1.58. The minimum atomic E-state index is -3.92. The minimum Gasteiger partial charge on any atom is -0.461 e. The van der Waals surface area contributed by atoms with Crippen LogP contribution in [0.25, 0.3) is 0 Å². The highest BCUT2D eigenvalue weighted by atomic mass is 79.9. The molecule has 0 spiro atoms. The number of anilines is 1. The molecule has 0 bridgehead atoms. The predicted molar refractivity (Wildman–Crippen MR) is 121 cm³/mol. The molecule has 0 saturated heterocycles. The summed E-state index contributed by atoms with van der Waals surface area (Å²) in [6, 6.07) is 10.5. The van der Waals surface area contributed by atoms with Crippen LogP contribution < -0.4 is 4.31 Å². The van der Waals surface area contributed by atoms with Gasteiger partial charge in [-0.05, 0) is 56.2 Å². The Hall–Kier alpha value is -1.28. The molecule has 1 atom stereocenters. The van der Waals surface area contributed by atoms with E-state index in [2.05, 4.69) is 15.9 Å². The van der Waals surface area contributed by atoms with E-state index in [0.29, 0.717) is 27.7 Å². The first-order valence-electron chi connectivity index (χ1n) is 8.94. The molecule has 0 N–H and O–H groups in total. The molecule has 158 valence electrons. The SMILES string of the molecule is CC(=O)OCc1ccc(Cl)cc1N(C(C)CCCBr)S(=O)(=O)c1ccc(Cl)cc1. The fourth-order valence-corrected chi connectivity index (χ4v) is 5.19. The van der Waals surface area contributed by atoms with Crippen molar-refractivity contribution >= 4 is 60.8 Å². The van der Waals surface area contributed by atoms with E-state index in [1.54, 1.807) is 18.2 Å². The second-order valence-electron chi connectivity index (χ2n) is 6.49. The maximum Gasteiger partial charge on any atom is 0.302 e. The maximum absolute atomic E-state index is 13.6. The molecule has 0 saturated carbocycles. The van der Waals surface area contributed by atoms with E-state index in [1.165, 1.54) is 35.5 Å². The third-order valence-electron chi connectivity index (χ3n) is 4.24. The van der Waals surface area contributed by atoms with Crippen LogP contribution in [0.2, 0.25) is 10.0 Å². The van der Waals surface area contributed by atoms with Crippen molar-refractivity contribution in [2.75, 3.05) is 9.64 Å². The number of ether oxygens (including phenoxy) is 1. The molecule has 2 aromatic carbocycles. The number of rotatable bonds is 9. The lowest BCUT2D eigenvalue weighted by atomic mass is 10.1. The monoisotopic (exact) mass is 521 g/mol. The van der Waals surface area contributed by atoms with Gasteiger partial charge in [-0.15, -0.1) is 0 Å². The van der Waals surface area contributed by atoms with Crippen LogP contribution in [0, 0.1) is 0 Å². The number of halogens is 3. The highest BCUT2D eigenvalue weighted by molar-refractivity contribution is 9.09. The third-order valence-corrected chi connectivity index (χ3v) is 7.23. The average Bonchev–Trinajstić information content (AvgIpc) is 2.66. The van der Waals surface area contributed by atoms with Gasteiger partial charge in [0.25, 0.3) is 10.0 Å². The number of sulfonamides is 1. The van der Waals surface area contributed by atoms with Crippen molar-refractivity contribution in [3.05, 3.63) is 58.1 Å². The van der Waals surface area contributed by atoms with Crippen LogP contribution in [0.15, 0.2) is 47.4 Å². The molecule has 0 aliphatic rings. The number of carbonyl (C=O) groups is 1. The molecular formula is C20H22BrCl2NO4S. The Balaban J connectivity index is 2.61. The highest BCUT2D eigenvalue weighted by Crippen LogP contribution is 2.33. The molecule has 1 unspecified atom stereocenters. The molecule has 9 heteroatoms. The minimum absolute atomic E-state index is 0.0559. The fourth-order valence-electron chi connectivity index (χ4n) is 2.86. The van der Waals surface area contributed by atoms with Crippen molar-refractivity contribution in [3.63, 3.8) is 0 Å². The molecule has 0 aliphatic carbocycles. The van der Waals surface area contributed by atoms with Gasteiger partial charge in [0.05, 0.1) is 10.6 Å². The number of benzene rings is 2. The Bertz CT molecular complexity index is 951. The Kier molecular flexibility index (Phi) is 8.82. The molecular weight excluding hydrogens is 501 g/mol. The molecule has 0 aliphatic heterocycles. The van der Waals surface area contributed by atoms with Crippen molar-refractivity contribution in [1.29, 1.82) is 0 Å². The van der Waals surface area contributed by atoms with Gasteiger partial charge in [-0.3, -0.25) is 9.10 Å². The Morgan fingerprint density at radius 1 is 1.14 bits per heavy atom. The predicted octanol–water partition coefficient (Wildman–Crippen LogP) is 5.82. The molecule has 0 heterocycles. The summed E-state index contributed by atoms with van der Waals surface area (Å²) >= 11 is 15.5. The van der Waals surface area contributed by atoms with Gasteiger partial charge in [0, 0.05) is 33.9 Å². The van der Waals surface area contributed by atoms with E-state index in [9.17, 15) is 13.2 Å². The Morgan fingerprint density at radius 2 is 1.76 bits per heavy atom. The zero-order chi connectivity index (χ0) is 21.6. The largest absolute Gasteiger partial charge is 0.461 e. The van der Waals surface area contributed by atoms with Crippen LogP contribution in [-0.2, 0) is 26.2 Å². The van der Waals surface area contributed by atoms with Crippen LogP contribution in [0.4, 0.5) is 5.69 Å². The Labute approximate surface area is 190 Å². The normalized spacial score (nSPS) is 12.4. The highest BCUT2D eigenvalue weighted by Gasteiger charge is 2.31. The lowest BCUT2D eigenvalue weighted by Gasteiger charge is -2.32. The van der Waals surface area contributed by atoms with Crippen LogP contribution in [0.3, 0.4) is 0 Å². The Morgan fingerprint density at radius 3 is 2.34 bits per heavy atom. The first kappa shape index (κ1) is 24.0. The summed E-state index contributed by atoms with van der Waals surface area (Å²) in [5.41, 5.74) is 0.934. The van der Waals surface area contributed by atoms with Crippen molar-refractivity contribution < 1.29 is 17.9 Å². The number of esters is 1. The second-order valence-corrected chi connectivity index (χ2v) is 9.97. The summed E-state index contributed by atoms with van der Waals surface area (Å²) in [6.07, 6.45) is 1.41. The van der Waals surface area contributed by atoms with E-state index in [-0.39, 0.29) is 17.5 Å². The summed E-state index contributed by atoms with van der Waals surface area (Å²) in [4.78, 5) is 11.4. The van der Waals surface area contributed by atoms with Crippen molar-refractivity contribution in [3.8, 4) is 0 Å². The van der Waals surface area contributed by atoms with Gasteiger partial charge in [-0.1, -0.05) is 45.2 Å². The van der Waals surface area contributed by atoms with Crippen molar-refractivity contribution in [2.45, 2.75) is 44.2 Å². The van der Waals surface area contributed by atoms with Gasteiger partial charge in [-0.2, -0.15) is 0 Å². The second kappa shape index (κ2) is 10.7. The number of carbonyl (C=O) groups excluding carboxylic acids is 1. The number of nitrogens with zero attached hydrogens (tertiary/aromatic N) is 1. The zero-order valence-electron chi connectivity index (χ0n) is 16.1.